The van der Waals surface area contributed by atoms with Gasteiger partial charge in [-0.25, -0.2) is 0 Å². The molecule has 18 heavy (non-hydrogen) atoms. The van der Waals surface area contributed by atoms with Crippen molar-refractivity contribution in [3.05, 3.63) is 22.8 Å². The predicted molar refractivity (Wildman–Crippen MR) is 80.9 cm³/mol. The van der Waals surface area contributed by atoms with Crippen molar-refractivity contribution in [2.45, 2.75) is 51.2 Å². The number of aryl methyl sites for hydroxylation is 2. The first-order chi connectivity index (χ1) is 8.69. The van der Waals surface area contributed by atoms with Gasteiger partial charge in [0.2, 0.25) is 0 Å². The number of benzene rings is 1. The van der Waals surface area contributed by atoms with Crippen molar-refractivity contribution in [1.29, 1.82) is 0 Å². The average molecular weight is 257 g/mol. The lowest BCUT2D eigenvalue weighted by molar-refractivity contribution is 0.693. The summed E-state index contributed by atoms with van der Waals surface area (Å²) in [6, 6.07) is 5.57. The topological polar surface area (TPSA) is 3.24 Å². The molecule has 0 N–H and O–H groups in total. The van der Waals surface area contributed by atoms with Gasteiger partial charge in [0.1, 0.15) is 0 Å². The molecule has 3 aliphatic heterocycles. The van der Waals surface area contributed by atoms with Crippen LogP contribution in [0.3, 0.4) is 0 Å². The van der Waals surface area contributed by atoms with Crippen molar-refractivity contribution in [3.8, 4) is 0 Å². The van der Waals surface area contributed by atoms with Crippen LogP contribution in [0.1, 0.15) is 29.5 Å². The van der Waals surface area contributed by atoms with Gasteiger partial charge < -0.3 is 4.90 Å². The largest absolute Gasteiger partial charge is 0.372 e. The Morgan fingerprint density at radius 1 is 1.11 bits per heavy atom. The number of rotatable bonds is 0. The monoisotopic (exact) mass is 257 g/mol. The zero-order chi connectivity index (χ0) is 12.3. The van der Waals surface area contributed by atoms with E-state index in [2.05, 4.69) is 24.4 Å². The predicted octanol–water partition coefficient (Wildman–Crippen LogP) is 2.99. The van der Waals surface area contributed by atoms with E-state index in [1.165, 1.54) is 44.8 Å². The summed E-state index contributed by atoms with van der Waals surface area (Å²) >= 11 is 0. The highest BCUT2D eigenvalue weighted by atomic mass is 28.3. The second kappa shape index (κ2) is 3.63. The standard InChI is InChI=1S/C16H23NSi/c1-12-11-13-5-3-7-17-8-10-18(2)9-4-6-14(12)16(18)15(13)17/h11H,3-10H2,1-2H3. The molecule has 0 spiro atoms. The molecule has 1 atom stereocenters. The van der Waals surface area contributed by atoms with E-state index >= 15 is 0 Å². The van der Waals surface area contributed by atoms with Crippen LogP contribution >= 0.6 is 0 Å². The molecular weight excluding hydrogens is 234 g/mol. The molecule has 0 radical (unpaired) electrons. The van der Waals surface area contributed by atoms with Gasteiger partial charge in [0.25, 0.3) is 0 Å². The lowest BCUT2D eigenvalue weighted by Crippen LogP contribution is -2.58. The molecule has 0 fully saturated rings. The van der Waals surface area contributed by atoms with Crippen LogP contribution in [-0.2, 0) is 12.8 Å². The quantitative estimate of drug-likeness (QED) is 0.646. The Morgan fingerprint density at radius 2 is 2.00 bits per heavy atom. The molecule has 96 valence electrons. The molecular formula is C16H23NSi. The van der Waals surface area contributed by atoms with E-state index in [1.54, 1.807) is 28.4 Å². The van der Waals surface area contributed by atoms with E-state index in [9.17, 15) is 0 Å². The molecule has 0 aromatic heterocycles. The van der Waals surface area contributed by atoms with Crippen molar-refractivity contribution < 1.29 is 0 Å². The second-order valence-electron chi connectivity index (χ2n) is 6.81. The fourth-order valence-corrected chi connectivity index (χ4v) is 9.06. The molecule has 1 aromatic carbocycles. The molecule has 3 heterocycles. The van der Waals surface area contributed by atoms with Crippen LogP contribution in [-0.4, -0.2) is 21.2 Å². The lowest BCUT2D eigenvalue weighted by Gasteiger charge is -2.48. The van der Waals surface area contributed by atoms with E-state index in [0.717, 1.165) is 0 Å². The van der Waals surface area contributed by atoms with Gasteiger partial charge in [0.15, 0.2) is 0 Å². The van der Waals surface area contributed by atoms with Crippen molar-refractivity contribution in [3.63, 3.8) is 0 Å². The molecule has 3 aliphatic rings. The first-order valence-corrected chi connectivity index (χ1v) is 10.5. The van der Waals surface area contributed by atoms with E-state index in [0.29, 0.717) is 0 Å². The molecule has 0 bridgehead atoms. The van der Waals surface area contributed by atoms with Crippen molar-refractivity contribution in [2.75, 3.05) is 18.0 Å². The normalized spacial score (nSPS) is 29.1. The van der Waals surface area contributed by atoms with Crippen LogP contribution in [0.5, 0.6) is 0 Å². The molecule has 1 unspecified atom stereocenters. The third-order valence-electron chi connectivity index (χ3n) is 5.59. The highest BCUT2D eigenvalue weighted by Gasteiger charge is 2.42. The Balaban J connectivity index is 2.05. The lowest BCUT2D eigenvalue weighted by atomic mass is 9.93. The summed E-state index contributed by atoms with van der Waals surface area (Å²) in [6.45, 7) is 7.69. The highest BCUT2D eigenvalue weighted by Crippen LogP contribution is 2.40. The molecule has 0 aliphatic carbocycles. The zero-order valence-corrected chi connectivity index (χ0v) is 12.7. The Labute approximate surface area is 111 Å². The minimum atomic E-state index is -1.12. The van der Waals surface area contributed by atoms with Gasteiger partial charge in [0.05, 0.1) is 8.07 Å². The number of hydrogen-bond acceptors (Lipinski definition) is 1. The number of anilines is 1. The van der Waals surface area contributed by atoms with Crippen LogP contribution in [0.15, 0.2) is 6.07 Å². The molecule has 1 aromatic rings. The van der Waals surface area contributed by atoms with Crippen LogP contribution in [0, 0.1) is 6.92 Å². The molecule has 0 amide bonds. The summed E-state index contributed by atoms with van der Waals surface area (Å²) < 4.78 is 0. The summed E-state index contributed by atoms with van der Waals surface area (Å²) in [4.78, 5) is 2.72. The van der Waals surface area contributed by atoms with Crippen molar-refractivity contribution >= 4 is 18.9 Å². The van der Waals surface area contributed by atoms with Crippen LogP contribution in [0.4, 0.5) is 5.69 Å². The molecule has 0 saturated carbocycles. The van der Waals surface area contributed by atoms with E-state index in [-0.39, 0.29) is 0 Å². The Morgan fingerprint density at radius 3 is 2.89 bits per heavy atom. The first kappa shape index (κ1) is 11.1. The maximum atomic E-state index is 2.72. The minimum Gasteiger partial charge on any atom is -0.372 e. The summed E-state index contributed by atoms with van der Waals surface area (Å²) in [6.07, 6.45) is 5.49. The van der Waals surface area contributed by atoms with Gasteiger partial charge in [-0.3, -0.25) is 0 Å². The molecule has 0 saturated heterocycles. The summed E-state index contributed by atoms with van der Waals surface area (Å²) in [5.74, 6) is 0. The minimum absolute atomic E-state index is 1.12. The van der Waals surface area contributed by atoms with Crippen LogP contribution in [0.2, 0.25) is 18.6 Å². The van der Waals surface area contributed by atoms with E-state index in [4.69, 9.17) is 0 Å². The number of hydrogen-bond donors (Lipinski definition) is 0. The van der Waals surface area contributed by atoms with E-state index < -0.39 is 8.07 Å². The highest BCUT2D eigenvalue weighted by molar-refractivity contribution is 6.93. The summed E-state index contributed by atoms with van der Waals surface area (Å²) in [7, 11) is -1.12. The van der Waals surface area contributed by atoms with Crippen LogP contribution in [0.25, 0.3) is 0 Å². The smallest absolute Gasteiger partial charge is 0.0885 e. The Hall–Kier alpha value is -0.763. The van der Waals surface area contributed by atoms with Crippen molar-refractivity contribution in [2.24, 2.45) is 0 Å². The average Bonchev–Trinajstić information content (AvgIpc) is 2.37. The zero-order valence-electron chi connectivity index (χ0n) is 11.7. The maximum absolute atomic E-state index is 2.72. The van der Waals surface area contributed by atoms with Gasteiger partial charge >= 0.3 is 0 Å². The molecule has 4 rings (SSSR count). The summed E-state index contributed by atoms with van der Waals surface area (Å²) in [5.41, 5.74) is 6.77. The molecule has 1 nitrogen and oxygen atoms in total. The van der Waals surface area contributed by atoms with Gasteiger partial charge in [-0.2, -0.15) is 0 Å². The van der Waals surface area contributed by atoms with Gasteiger partial charge in [0, 0.05) is 18.8 Å². The fraction of sp³-hybridized carbons (Fsp3) is 0.625. The van der Waals surface area contributed by atoms with Gasteiger partial charge in [-0.1, -0.05) is 25.1 Å². The Kier molecular flexibility index (Phi) is 2.24. The van der Waals surface area contributed by atoms with E-state index in [1.807, 2.05) is 5.19 Å². The van der Waals surface area contributed by atoms with Crippen LogP contribution < -0.4 is 10.1 Å². The van der Waals surface area contributed by atoms with Crippen molar-refractivity contribution in [1.82, 2.24) is 0 Å². The SMILES string of the molecule is Cc1cc2c3c4c1CCC[Si]4(C)CCN3CCC2. The van der Waals surface area contributed by atoms with Gasteiger partial charge in [-0.15, -0.1) is 0 Å². The molecule has 2 heteroatoms. The third-order valence-corrected chi connectivity index (χ3v) is 10.1. The fourth-order valence-electron chi connectivity index (χ4n) is 4.65. The van der Waals surface area contributed by atoms with Gasteiger partial charge in [-0.05, 0) is 54.1 Å². The number of nitrogens with zero attached hydrogens (tertiary/aromatic N) is 1. The third kappa shape index (κ3) is 1.33. The maximum Gasteiger partial charge on any atom is 0.0885 e. The first-order valence-electron chi connectivity index (χ1n) is 7.60. The summed E-state index contributed by atoms with van der Waals surface area (Å²) in [5, 5.41) is 1.90. The Bertz CT molecular complexity index is 522. The second-order valence-corrected chi connectivity index (χ2v) is 11.4.